The van der Waals surface area contributed by atoms with E-state index in [9.17, 15) is 0 Å². The molecule has 1 aromatic carbocycles. The Bertz CT molecular complexity index is 750. The number of aryl methyl sites for hydroxylation is 2. The summed E-state index contributed by atoms with van der Waals surface area (Å²) in [5, 5.41) is 7.30. The molecule has 0 aliphatic carbocycles. The molecule has 28 heavy (non-hydrogen) atoms. The molecule has 1 aromatic heterocycles. The van der Waals surface area contributed by atoms with Crippen LogP contribution in [0, 0.1) is 13.8 Å². The summed E-state index contributed by atoms with van der Waals surface area (Å²) in [6, 6.07) is 6.26. The van der Waals surface area contributed by atoms with E-state index in [-0.39, 0.29) is 5.92 Å². The average Bonchev–Trinajstić information content (AvgIpc) is 3.09. The Hall–Kier alpha value is -2.57. The molecule has 7 heteroatoms. The van der Waals surface area contributed by atoms with Gasteiger partial charge in [-0.1, -0.05) is 25.1 Å². The van der Waals surface area contributed by atoms with Gasteiger partial charge in [0.2, 0.25) is 5.89 Å². The van der Waals surface area contributed by atoms with E-state index in [0.717, 1.165) is 30.6 Å². The van der Waals surface area contributed by atoms with Crippen molar-refractivity contribution in [2.24, 2.45) is 4.99 Å². The zero-order valence-electron chi connectivity index (χ0n) is 18.0. The fourth-order valence-electron chi connectivity index (χ4n) is 2.75. The summed E-state index contributed by atoms with van der Waals surface area (Å²) in [5.41, 5.74) is 2.42. The van der Waals surface area contributed by atoms with Gasteiger partial charge in [0, 0.05) is 25.9 Å². The molecule has 0 saturated carbocycles. The second-order valence-electron chi connectivity index (χ2n) is 7.28. The number of likely N-dealkylation sites (N-methyl/N-ethyl adjacent to an activating group) is 1. The van der Waals surface area contributed by atoms with Crippen LogP contribution in [0.25, 0.3) is 0 Å². The second kappa shape index (κ2) is 10.7. The summed E-state index contributed by atoms with van der Waals surface area (Å²) < 4.78 is 11.2. The highest BCUT2D eigenvalue weighted by molar-refractivity contribution is 5.79. The lowest BCUT2D eigenvalue weighted by Crippen LogP contribution is -2.41. The van der Waals surface area contributed by atoms with Crippen molar-refractivity contribution >= 4 is 5.96 Å². The van der Waals surface area contributed by atoms with Gasteiger partial charge in [0.15, 0.2) is 11.8 Å². The summed E-state index contributed by atoms with van der Waals surface area (Å²) in [4.78, 5) is 11.1. The first kappa shape index (κ1) is 21.7. The first-order chi connectivity index (χ1) is 13.4. The van der Waals surface area contributed by atoms with E-state index in [1.807, 2.05) is 20.9 Å². The normalized spacial score (nSPS) is 11.8. The molecule has 2 aromatic rings. The zero-order valence-corrected chi connectivity index (χ0v) is 18.0. The third-order valence-corrected chi connectivity index (χ3v) is 4.17. The SMILES string of the molecule is CCNC(=NCCc1nc(C(C)C)no1)N(C)CCOc1cc(C)cc(C)c1. The maximum Gasteiger partial charge on any atom is 0.228 e. The lowest BCUT2D eigenvalue weighted by Gasteiger charge is -2.22. The number of hydrogen-bond donors (Lipinski definition) is 1. The van der Waals surface area contributed by atoms with Crippen molar-refractivity contribution in [2.75, 3.05) is 33.3 Å². The van der Waals surface area contributed by atoms with Crippen LogP contribution in [0.5, 0.6) is 5.75 Å². The van der Waals surface area contributed by atoms with Crippen molar-refractivity contribution in [3.8, 4) is 5.75 Å². The fraction of sp³-hybridized carbons (Fsp3) is 0.571. The van der Waals surface area contributed by atoms with Crippen LogP contribution in [-0.4, -0.2) is 54.3 Å². The van der Waals surface area contributed by atoms with E-state index in [4.69, 9.17) is 9.26 Å². The van der Waals surface area contributed by atoms with E-state index < -0.39 is 0 Å². The highest BCUT2D eigenvalue weighted by atomic mass is 16.5. The van der Waals surface area contributed by atoms with Crippen molar-refractivity contribution in [2.45, 2.75) is 47.0 Å². The lowest BCUT2D eigenvalue weighted by atomic mass is 10.1. The number of rotatable bonds is 9. The Kier molecular flexibility index (Phi) is 8.29. The molecular formula is C21H33N5O2. The monoisotopic (exact) mass is 387 g/mol. The van der Waals surface area contributed by atoms with E-state index in [1.165, 1.54) is 11.1 Å². The smallest absolute Gasteiger partial charge is 0.228 e. The summed E-state index contributed by atoms with van der Waals surface area (Å²) in [7, 11) is 2.01. The molecule has 0 amide bonds. The molecule has 0 unspecified atom stereocenters. The maximum absolute atomic E-state index is 5.91. The number of hydrogen-bond acceptors (Lipinski definition) is 5. The van der Waals surface area contributed by atoms with Gasteiger partial charge in [-0.3, -0.25) is 4.99 Å². The third kappa shape index (κ3) is 6.87. The molecule has 0 bridgehead atoms. The predicted octanol–water partition coefficient (Wildman–Crippen LogP) is 3.33. The molecule has 1 N–H and O–H groups in total. The summed E-state index contributed by atoms with van der Waals surface area (Å²) >= 11 is 0. The Balaban J connectivity index is 1.85. The highest BCUT2D eigenvalue weighted by Crippen LogP contribution is 2.16. The van der Waals surface area contributed by atoms with Gasteiger partial charge in [0.1, 0.15) is 12.4 Å². The molecule has 1 heterocycles. The van der Waals surface area contributed by atoms with Crippen molar-refractivity contribution < 1.29 is 9.26 Å². The van der Waals surface area contributed by atoms with Crippen LogP contribution in [0.1, 0.15) is 49.5 Å². The minimum Gasteiger partial charge on any atom is -0.492 e. The molecule has 7 nitrogen and oxygen atoms in total. The fourth-order valence-corrected chi connectivity index (χ4v) is 2.75. The minimum absolute atomic E-state index is 0.265. The van der Waals surface area contributed by atoms with Gasteiger partial charge in [-0.05, 0) is 44.0 Å². The van der Waals surface area contributed by atoms with E-state index in [0.29, 0.717) is 25.5 Å². The number of ether oxygens (including phenoxy) is 1. The van der Waals surface area contributed by atoms with Crippen molar-refractivity contribution in [1.82, 2.24) is 20.4 Å². The summed E-state index contributed by atoms with van der Waals surface area (Å²) in [5.74, 6) is 3.39. The number of guanidine groups is 1. The Morgan fingerprint density at radius 2 is 1.96 bits per heavy atom. The van der Waals surface area contributed by atoms with Gasteiger partial charge >= 0.3 is 0 Å². The third-order valence-electron chi connectivity index (χ3n) is 4.17. The predicted molar refractivity (Wildman–Crippen MR) is 112 cm³/mol. The molecular weight excluding hydrogens is 354 g/mol. The lowest BCUT2D eigenvalue weighted by molar-refractivity contribution is 0.281. The number of aliphatic imine (C=N–C) groups is 1. The maximum atomic E-state index is 5.91. The van der Waals surface area contributed by atoms with Crippen molar-refractivity contribution in [3.63, 3.8) is 0 Å². The zero-order chi connectivity index (χ0) is 20.5. The molecule has 154 valence electrons. The topological polar surface area (TPSA) is 75.8 Å². The molecule has 0 spiro atoms. The first-order valence-electron chi connectivity index (χ1n) is 9.92. The molecule has 0 aliphatic rings. The van der Waals surface area contributed by atoms with E-state index in [2.05, 4.69) is 64.3 Å². The second-order valence-corrected chi connectivity index (χ2v) is 7.28. The van der Waals surface area contributed by atoms with Crippen LogP contribution >= 0.6 is 0 Å². The van der Waals surface area contributed by atoms with Crippen molar-refractivity contribution in [1.29, 1.82) is 0 Å². The van der Waals surface area contributed by atoms with Gasteiger partial charge in [-0.2, -0.15) is 4.98 Å². The van der Waals surface area contributed by atoms with Crippen LogP contribution in [0.3, 0.4) is 0 Å². The van der Waals surface area contributed by atoms with Crippen LogP contribution < -0.4 is 10.1 Å². The number of nitrogens with one attached hydrogen (secondary N) is 1. The quantitative estimate of drug-likeness (QED) is 0.525. The molecule has 0 radical (unpaired) electrons. The standard InChI is InChI=1S/C21H33N5O2/c1-7-22-21(23-9-8-19-24-20(15(2)3)25-28-19)26(6)10-11-27-18-13-16(4)12-17(5)14-18/h12-15H,7-11H2,1-6H3,(H,22,23). The minimum atomic E-state index is 0.265. The molecule has 2 rings (SSSR count). The number of aromatic nitrogens is 2. The number of benzene rings is 1. The largest absolute Gasteiger partial charge is 0.492 e. The first-order valence-corrected chi connectivity index (χ1v) is 9.92. The van der Waals surface area contributed by atoms with Gasteiger partial charge in [0.25, 0.3) is 0 Å². The van der Waals surface area contributed by atoms with Crippen LogP contribution in [0.4, 0.5) is 0 Å². The molecule has 0 aliphatic heterocycles. The van der Waals surface area contributed by atoms with Gasteiger partial charge in [0.05, 0.1) is 13.1 Å². The Labute approximate surface area is 168 Å². The van der Waals surface area contributed by atoms with Crippen LogP contribution in [0.2, 0.25) is 0 Å². The Morgan fingerprint density at radius 1 is 1.25 bits per heavy atom. The van der Waals surface area contributed by atoms with Crippen molar-refractivity contribution in [3.05, 3.63) is 41.0 Å². The van der Waals surface area contributed by atoms with Gasteiger partial charge in [-0.25, -0.2) is 0 Å². The molecule has 0 fully saturated rings. The highest BCUT2D eigenvalue weighted by Gasteiger charge is 2.10. The summed E-state index contributed by atoms with van der Waals surface area (Å²) in [6.45, 7) is 13.0. The van der Waals surface area contributed by atoms with E-state index >= 15 is 0 Å². The van der Waals surface area contributed by atoms with Crippen LogP contribution in [0.15, 0.2) is 27.7 Å². The average molecular weight is 388 g/mol. The van der Waals surface area contributed by atoms with Crippen LogP contribution in [-0.2, 0) is 6.42 Å². The van der Waals surface area contributed by atoms with Gasteiger partial charge < -0.3 is 19.5 Å². The Morgan fingerprint density at radius 3 is 2.57 bits per heavy atom. The number of nitrogens with zero attached hydrogens (tertiary/aromatic N) is 4. The summed E-state index contributed by atoms with van der Waals surface area (Å²) in [6.07, 6.45) is 0.627. The molecule has 0 saturated heterocycles. The van der Waals surface area contributed by atoms with Gasteiger partial charge in [-0.15, -0.1) is 0 Å². The molecule has 0 atom stereocenters. The van der Waals surface area contributed by atoms with E-state index in [1.54, 1.807) is 0 Å².